The lowest BCUT2D eigenvalue weighted by atomic mass is 10.0. The van der Waals surface area contributed by atoms with E-state index in [2.05, 4.69) is 41.7 Å². The average Bonchev–Trinajstić information content (AvgIpc) is 3.13. The van der Waals surface area contributed by atoms with Crippen LogP contribution in [0.1, 0.15) is 32.3 Å². The first-order valence-corrected chi connectivity index (χ1v) is 10.5. The first-order chi connectivity index (χ1) is 13.6. The lowest BCUT2D eigenvalue weighted by Crippen LogP contribution is -2.45. The second kappa shape index (κ2) is 12.0. The number of hydrogen-bond acceptors (Lipinski definition) is 5. The number of likely N-dealkylation sites (N-methyl/N-ethyl adjacent to an activating group) is 1. The van der Waals surface area contributed by atoms with Gasteiger partial charge in [0.05, 0.1) is 31.6 Å². The summed E-state index contributed by atoms with van der Waals surface area (Å²) in [7, 11) is 0. The minimum atomic E-state index is 0.145. The fourth-order valence-corrected chi connectivity index (χ4v) is 3.60. The smallest absolute Gasteiger partial charge is 0.0868 e. The highest BCUT2D eigenvalue weighted by Gasteiger charge is 2.31. The molecule has 1 aromatic carbocycles. The largest absolute Gasteiger partial charge is 0.395 e. The Morgan fingerprint density at radius 2 is 2.14 bits per heavy atom. The predicted octanol–water partition coefficient (Wildman–Crippen LogP) is 3.50. The number of allylic oxidation sites excluding steroid dienone is 2. The van der Waals surface area contributed by atoms with Crippen molar-refractivity contribution in [3.63, 3.8) is 0 Å². The Kier molecular flexibility index (Phi) is 9.71. The van der Waals surface area contributed by atoms with Gasteiger partial charge < -0.3 is 5.11 Å². The molecule has 1 atom stereocenters. The fraction of sp³-hybridized carbons (Fsp3) is 0.500. The van der Waals surface area contributed by atoms with Crippen molar-refractivity contribution in [1.82, 2.24) is 15.2 Å². The summed E-state index contributed by atoms with van der Waals surface area (Å²) in [6, 6.07) is 8.00. The van der Waals surface area contributed by atoms with Gasteiger partial charge in [-0.05, 0) is 37.1 Å². The van der Waals surface area contributed by atoms with Crippen LogP contribution in [-0.4, -0.2) is 66.2 Å². The van der Waals surface area contributed by atoms with Crippen LogP contribution in [0.2, 0.25) is 5.02 Å². The molecule has 2 N–H and O–H groups in total. The van der Waals surface area contributed by atoms with Crippen LogP contribution in [0.25, 0.3) is 0 Å². The van der Waals surface area contributed by atoms with E-state index in [-0.39, 0.29) is 12.6 Å². The van der Waals surface area contributed by atoms with Gasteiger partial charge in [-0.15, -0.1) is 0 Å². The molecule has 0 saturated carbocycles. The summed E-state index contributed by atoms with van der Waals surface area (Å²) in [6.07, 6.45) is 6.01. The number of halogens is 1. The van der Waals surface area contributed by atoms with E-state index in [1.807, 2.05) is 30.3 Å². The molecule has 28 heavy (non-hydrogen) atoms. The van der Waals surface area contributed by atoms with Gasteiger partial charge in [-0.2, -0.15) is 5.10 Å². The highest BCUT2D eigenvalue weighted by Crippen LogP contribution is 2.20. The van der Waals surface area contributed by atoms with Crippen LogP contribution in [0.15, 0.2) is 53.7 Å². The van der Waals surface area contributed by atoms with E-state index in [4.69, 9.17) is 16.7 Å². The molecule has 0 saturated heterocycles. The maximum atomic E-state index is 9.44. The highest BCUT2D eigenvalue weighted by atomic mass is 35.5. The molecule has 0 bridgehead atoms. The molecule has 1 heterocycles. The Labute approximate surface area is 174 Å². The molecule has 0 spiro atoms. The summed E-state index contributed by atoms with van der Waals surface area (Å²) < 4.78 is 0. The standard InChI is InChI=1S/C22H33ClN4O/c1-4-7-18(5-2)12-13-24-17-27-16-21(26(6-3)14-15-28)22(25-27)19-8-10-20(23)11-9-19/h4,7-11,21,24,28H,1,5-6,12-17H2,2-3H3/b18-7+. The number of rotatable bonds is 12. The molecule has 2 rings (SSSR count). The Morgan fingerprint density at radius 1 is 1.39 bits per heavy atom. The molecular weight excluding hydrogens is 372 g/mol. The van der Waals surface area contributed by atoms with Crippen molar-refractivity contribution >= 4 is 17.3 Å². The molecule has 1 aromatic rings. The topological polar surface area (TPSA) is 51.1 Å². The first-order valence-electron chi connectivity index (χ1n) is 10.1. The van der Waals surface area contributed by atoms with Crippen LogP contribution in [0.5, 0.6) is 0 Å². The average molecular weight is 405 g/mol. The quantitative estimate of drug-likeness (QED) is 0.413. The maximum Gasteiger partial charge on any atom is 0.0868 e. The third kappa shape index (κ3) is 6.45. The highest BCUT2D eigenvalue weighted by molar-refractivity contribution is 6.30. The van der Waals surface area contributed by atoms with E-state index in [0.717, 1.165) is 48.8 Å². The third-order valence-electron chi connectivity index (χ3n) is 5.05. The summed E-state index contributed by atoms with van der Waals surface area (Å²) in [5.74, 6) is 0. The van der Waals surface area contributed by atoms with Crippen LogP contribution in [-0.2, 0) is 0 Å². The molecule has 154 valence electrons. The molecule has 1 aliphatic rings. The van der Waals surface area contributed by atoms with Gasteiger partial charge in [0.15, 0.2) is 0 Å². The van der Waals surface area contributed by atoms with Gasteiger partial charge in [0.25, 0.3) is 0 Å². The summed E-state index contributed by atoms with van der Waals surface area (Å²) in [5, 5.41) is 20.6. The number of nitrogens with zero attached hydrogens (tertiary/aromatic N) is 3. The molecule has 0 fully saturated rings. The Balaban J connectivity index is 2.04. The molecule has 0 radical (unpaired) electrons. The van der Waals surface area contributed by atoms with E-state index in [0.29, 0.717) is 13.2 Å². The normalized spacial score (nSPS) is 17.3. The number of aliphatic hydroxyl groups excluding tert-OH is 1. The summed E-state index contributed by atoms with van der Waals surface area (Å²) in [6.45, 7) is 12.1. The summed E-state index contributed by atoms with van der Waals surface area (Å²) in [5.41, 5.74) is 3.51. The SMILES string of the molecule is C=C/C=C(\CC)CCNCN1CC(N(CC)CCO)C(c2ccc(Cl)cc2)=N1. The molecule has 5 nitrogen and oxygen atoms in total. The minimum Gasteiger partial charge on any atom is -0.395 e. The molecule has 0 aliphatic carbocycles. The van der Waals surface area contributed by atoms with Gasteiger partial charge in [0.1, 0.15) is 0 Å². The molecule has 6 heteroatoms. The van der Waals surface area contributed by atoms with E-state index < -0.39 is 0 Å². The minimum absolute atomic E-state index is 0.145. The van der Waals surface area contributed by atoms with Crippen molar-refractivity contribution < 1.29 is 5.11 Å². The van der Waals surface area contributed by atoms with Gasteiger partial charge in [-0.3, -0.25) is 15.2 Å². The third-order valence-corrected chi connectivity index (χ3v) is 5.30. The van der Waals surface area contributed by atoms with Crippen molar-refractivity contribution in [3.05, 3.63) is 59.2 Å². The Bertz CT molecular complexity index is 672. The number of nitrogens with one attached hydrogen (secondary N) is 1. The lowest BCUT2D eigenvalue weighted by molar-refractivity contribution is 0.164. The number of benzene rings is 1. The monoisotopic (exact) mass is 404 g/mol. The number of hydrazone groups is 1. The molecule has 1 aliphatic heterocycles. The Hall–Kier alpha value is -1.66. The van der Waals surface area contributed by atoms with E-state index >= 15 is 0 Å². The molecular formula is C22H33ClN4O. The zero-order valence-corrected chi connectivity index (χ0v) is 17.8. The van der Waals surface area contributed by atoms with Gasteiger partial charge in [0, 0.05) is 18.1 Å². The first kappa shape index (κ1) is 22.6. The molecule has 0 aromatic heterocycles. The second-order valence-electron chi connectivity index (χ2n) is 6.87. The van der Waals surface area contributed by atoms with Gasteiger partial charge in [-0.1, -0.05) is 61.9 Å². The lowest BCUT2D eigenvalue weighted by Gasteiger charge is -2.28. The van der Waals surface area contributed by atoms with E-state index in [1.165, 1.54) is 5.57 Å². The maximum absolute atomic E-state index is 9.44. The molecule has 1 unspecified atom stereocenters. The van der Waals surface area contributed by atoms with Crippen molar-refractivity contribution in [2.75, 3.05) is 39.5 Å². The summed E-state index contributed by atoms with van der Waals surface area (Å²) >= 11 is 6.05. The molecule has 0 amide bonds. The second-order valence-corrected chi connectivity index (χ2v) is 7.31. The van der Waals surface area contributed by atoms with Crippen molar-refractivity contribution in [1.29, 1.82) is 0 Å². The van der Waals surface area contributed by atoms with Crippen LogP contribution in [0, 0.1) is 0 Å². The van der Waals surface area contributed by atoms with Crippen LogP contribution in [0.3, 0.4) is 0 Å². The summed E-state index contributed by atoms with van der Waals surface area (Å²) in [4.78, 5) is 2.27. The van der Waals surface area contributed by atoms with Crippen molar-refractivity contribution in [3.8, 4) is 0 Å². The van der Waals surface area contributed by atoms with Crippen LogP contribution < -0.4 is 5.32 Å². The van der Waals surface area contributed by atoms with Gasteiger partial charge >= 0.3 is 0 Å². The van der Waals surface area contributed by atoms with E-state index in [9.17, 15) is 5.11 Å². The van der Waals surface area contributed by atoms with Gasteiger partial charge in [-0.25, -0.2) is 0 Å². The number of aliphatic hydroxyl groups is 1. The van der Waals surface area contributed by atoms with Gasteiger partial charge in [0.2, 0.25) is 0 Å². The Morgan fingerprint density at radius 3 is 2.75 bits per heavy atom. The zero-order valence-electron chi connectivity index (χ0n) is 17.1. The number of hydrogen-bond donors (Lipinski definition) is 2. The van der Waals surface area contributed by atoms with Crippen LogP contribution >= 0.6 is 11.6 Å². The van der Waals surface area contributed by atoms with Crippen molar-refractivity contribution in [2.24, 2.45) is 5.10 Å². The fourth-order valence-electron chi connectivity index (χ4n) is 3.47. The predicted molar refractivity (Wildman–Crippen MR) is 119 cm³/mol. The van der Waals surface area contributed by atoms with E-state index in [1.54, 1.807) is 0 Å². The van der Waals surface area contributed by atoms with Crippen molar-refractivity contribution in [2.45, 2.75) is 32.7 Å². The zero-order chi connectivity index (χ0) is 20.4. The van der Waals surface area contributed by atoms with Crippen LogP contribution in [0.4, 0.5) is 0 Å².